The second-order valence-electron chi connectivity index (χ2n) is 7.05. The number of benzene rings is 2. The lowest BCUT2D eigenvalue weighted by Gasteiger charge is -2.16. The first kappa shape index (κ1) is 17.5. The SMILES string of the molecule is O=C(NCc1ccccc1)c1ccc2c(=O)n3c(nc2c1)CCCCCC3. The number of nitrogens with one attached hydrogen (secondary N) is 1. The summed E-state index contributed by atoms with van der Waals surface area (Å²) in [6.45, 7) is 1.20. The Balaban J connectivity index is 1.62. The molecule has 2 aromatic carbocycles. The Morgan fingerprint density at radius 3 is 2.70 bits per heavy atom. The van der Waals surface area contributed by atoms with Gasteiger partial charge in [-0.25, -0.2) is 4.98 Å². The minimum Gasteiger partial charge on any atom is -0.348 e. The molecule has 0 aliphatic carbocycles. The molecule has 0 radical (unpaired) electrons. The van der Waals surface area contributed by atoms with Gasteiger partial charge in [-0.1, -0.05) is 43.2 Å². The van der Waals surface area contributed by atoms with Crippen LogP contribution >= 0.6 is 0 Å². The van der Waals surface area contributed by atoms with Crippen molar-refractivity contribution in [3.63, 3.8) is 0 Å². The Morgan fingerprint density at radius 1 is 1.04 bits per heavy atom. The molecule has 1 aromatic heterocycles. The average Bonchev–Trinajstić information content (AvgIpc) is 2.68. The minimum atomic E-state index is -0.158. The second kappa shape index (κ2) is 7.74. The van der Waals surface area contributed by atoms with E-state index in [9.17, 15) is 9.59 Å². The van der Waals surface area contributed by atoms with E-state index >= 15 is 0 Å². The van der Waals surface area contributed by atoms with E-state index in [1.54, 1.807) is 18.2 Å². The van der Waals surface area contributed by atoms with Crippen molar-refractivity contribution >= 4 is 16.8 Å². The van der Waals surface area contributed by atoms with E-state index in [0.717, 1.165) is 43.6 Å². The van der Waals surface area contributed by atoms with Gasteiger partial charge in [0.15, 0.2) is 0 Å². The van der Waals surface area contributed by atoms with Gasteiger partial charge in [0.1, 0.15) is 5.82 Å². The van der Waals surface area contributed by atoms with E-state index in [4.69, 9.17) is 4.98 Å². The predicted molar refractivity (Wildman–Crippen MR) is 106 cm³/mol. The third-order valence-corrected chi connectivity index (χ3v) is 5.12. The molecule has 2 heterocycles. The summed E-state index contributed by atoms with van der Waals surface area (Å²) in [5.41, 5.74) is 2.19. The molecule has 0 bridgehead atoms. The van der Waals surface area contributed by atoms with E-state index in [2.05, 4.69) is 5.32 Å². The molecular weight excluding hydrogens is 338 g/mol. The molecule has 1 aliphatic heterocycles. The van der Waals surface area contributed by atoms with Gasteiger partial charge in [0.05, 0.1) is 10.9 Å². The Kier molecular flexibility index (Phi) is 5.01. The van der Waals surface area contributed by atoms with Crippen LogP contribution in [0.4, 0.5) is 0 Å². The standard InChI is InChI=1S/C22H23N3O2/c26-21(23-15-16-8-4-3-5-9-16)17-11-12-18-19(14-17)24-20-10-6-1-2-7-13-25(20)22(18)27/h3-5,8-9,11-12,14H,1-2,6-7,10,13,15H2,(H,23,26). The molecule has 27 heavy (non-hydrogen) atoms. The second-order valence-corrected chi connectivity index (χ2v) is 7.05. The van der Waals surface area contributed by atoms with Gasteiger partial charge in [0.25, 0.3) is 11.5 Å². The number of hydrogen-bond acceptors (Lipinski definition) is 3. The molecule has 0 saturated heterocycles. The van der Waals surface area contributed by atoms with Crippen LogP contribution < -0.4 is 10.9 Å². The number of carbonyl (C=O) groups excluding carboxylic acids is 1. The van der Waals surface area contributed by atoms with Gasteiger partial charge in [0.2, 0.25) is 0 Å². The van der Waals surface area contributed by atoms with Crippen molar-refractivity contribution in [2.24, 2.45) is 0 Å². The Morgan fingerprint density at radius 2 is 1.85 bits per heavy atom. The molecule has 138 valence electrons. The number of aromatic nitrogens is 2. The molecule has 1 amide bonds. The highest BCUT2D eigenvalue weighted by molar-refractivity contribution is 5.97. The first-order chi connectivity index (χ1) is 13.2. The number of fused-ring (bicyclic) bond motifs is 2. The molecule has 0 spiro atoms. The third-order valence-electron chi connectivity index (χ3n) is 5.12. The minimum absolute atomic E-state index is 0.00754. The summed E-state index contributed by atoms with van der Waals surface area (Å²) in [5.74, 6) is 0.684. The van der Waals surface area contributed by atoms with Crippen molar-refractivity contribution in [2.75, 3.05) is 0 Å². The Bertz CT molecular complexity index is 1020. The van der Waals surface area contributed by atoms with Crippen LogP contribution in [0.2, 0.25) is 0 Å². The summed E-state index contributed by atoms with van der Waals surface area (Å²) in [5, 5.41) is 3.51. The van der Waals surface area contributed by atoms with E-state index < -0.39 is 0 Å². The first-order valence-corrected chi connectivity index (χ1v) is 9.58. The molecule has 5 nitrogen and oxygen atoms in total. The molecule has 1 N–H and O–H groups in total. The molecule has 4 rings (SSSR count). The van der Waals surface area contributed by atoms with Crippen molar-refractivity contribution in [3.05, 3.63) is 75.8 Å². The van der Waals surface area contributed by atoms with Gasteiger partial charge in [-0.05, 0) is 36.6 Å². The molecule has 0 unspecified atom stereocenters. The monoisotopic (exact) mass is 361 g/mol. The average molecular weight is 361 g/mol. The summed E-state index contributed by atoms with van der Waals surface area (Å²) in [7, 11) is 0. The van der Waals surface area contributed by atoms with Gasteiger partial charge in [0, 0.05) is 25.1 Å². The van der Waals surface area contributed by atoms with Crippen molar-refractivity contribution in [1.82, 2.24) is 14.9 Å². The molecular formula is C22H23N3O2. The Labute approximate surface area is 158 Å². The van der Waals surface area contributed by atoms with E-state index in [0.29, 0.717) is 23.0 Å². The van der Waals surface area contributed by atoms with E-state index in [1.807, 2.05) is 34.9 Å². The van der Waals surface area contributed by atoms with Crippen molar-refractivity contribution in [1.29, 1.82) is 0 Å². The van der Waals surface area contributed by atoms with Crippen LogP contribution in [0.5, 0.6) is 0 Å². The summed E-state index contributed by atoms with van der Waals surface area (Å²) in [6, 6.07) is 15.0. The van der Waals surface area contributed by atoms with Crippen LogP contribution in [0.3, 0.4) is 0 Å². The zero-order valence-electron chi connectivity index (χ0n) is 15.3. The zero-order valence-corrected chi connectivity index (χ0v) is 15.3. The molecule has 5 heteroatoms. The smallest absolute Gasteiger partial charge is 0.261 e. The van der Waals surface area contributed by atoms with Crippen LogP contribution in [0.1, 0.15) is 47.4 Å². The van der Waals surface area contributed by atoms with E-state index in [-0.39, 0.29) is 11.5 Å². The highest BCUT2D eigenvalue weighted by Gasteiger charge is 2.14. The van der Waals surface area contributed by atoms with Gasteiger partial charge < -0.3 is 5.32 Å². The highest BCUT2D eigenvalue weighted by atomic mass is 16.1. The van der Waals surface area contributed by atoms with Crippen LogP contribution in [0.15, 0.2) is 53.3 Å². The lowest BCUT2D eigenvalue weighted by atomic mass is 10.1. The normalized spacial score (nSPS) is 14.2. The molecule has 3 aromatic rings. The fourth-order valence-corrected chi connectivity index (χ4v) is 3.62. The van der Waals surface area contributed by atoms with Crippen LogP contribution in [-0.4, -0.2) is 15.5 Å². The topological polar surface area (TPSA) is 64.0 Å². The summed E-state index contributed by atoms with van der Waals surface area (Å²) < 4.78 is 1.82. The molecule has 0 fully saturated rings. The number of rotatable bonds is 3. The molecule has 1 aliphatic rings. The van der Waals surface area contributed by atoms with Gasteiger partial charge >= 0.3 is 0 Å². The van der Waals surface area contributed by atoms with Gasteiger partial charge in [-0.3, -0.25) is 14.2 Å². The fourth-order valence-electron chi connectivity index (χ4n) is 3.62. The fraction of sp³-hybridized carbons (Fsp3) is 0.318. The summed E-state index contributed by atoms with van der Waals surface area (Å²) >= 11 is 0. The number of hydrogen-bond donors (Lipinski definition) is 1. The van der Waals surface area contributed by atoms with Crippen molar-refractivity contribution in [2.45, 2.75) is 45.2 Å². The van der Waals surface area contributed by atoms with Crippen molar-refractivity contribution < 1.29 is 4.79 Å². The lowest BCUT2D eigenvalue weighted by Crippen LogP contribution is -2.27. The molecule has 0 saturated carbocycles. The number of aryl methyl sites for hydroxylation is 1. The lowest BCUT2D eigenvalue weighted by molar-refractivity contribution is 0.0951. The maximum atomic E-state index is 12.9. The number of amides is 1. The Hall–Kier alpha value is -2.95. The summed E-state index contributed by atoms with van der Waals surface area (Å²) in [4.78, 5) is 30.1. The maximum absolute atomic E-state index is 12.9. The number of carbonyl (C=O) groups is 1. The maximum Gasteiger partial charge on any atom is 0.261 e. The first-order valence-electron chi connectivity index (χ1n) is 9.58. The quantitative estimate of drug-likeness (QED) is 0.777. The highest BCUT2D eigenvalue weighted by Crippen LogP contribution is 2.16. The number of nitrogens with zero attached hydrogens (tertiary/aromatic N) is 2. The van der Waals surface area contributed by atoms with Gasteiger partial charge in [-0.2, -0.15) is 0 Å². The van der Waals surface area contributed by atoms with Gasteiger partial charge in [-0.15, -0.1) is 0 Å². The van der Waals surface area contributed by atoms with E-state index in [1.165, 1.54) is 6.42 Å². The van der Waals surface area contributed by atoms with Crippen molar-refractivity contribution in [3.8, 4) is 0 Å². The third kappa shape index (κ3) is 3.77. The van der Waals surface area contributed by atoms with Crippen LogP contribution in [-0.2, 0) is 19.5 Å². The largest absolute Gasteiger partial charge is 0.348 e. The van der Waals surface area contributed by atoms with Crippen LogP contribution in [0, 0.1) is 0 Å². The predicted octanol–water partition coefficient (Wildman–Crippen LogP) is 3.44. The summed E-state index contributed by atoms with van der Waals surface area (Å²) in [6.07, 6.45) is 5.21. The molecule has 0 atom stereocenters. The van der Waals surface area contributed by atoms with Crippen LogP contribution in [0.25, 0.3) is 10.9 Å². The zero-order chi connectivity index (χ0) is 18.6.